The highest BCUT2D eigenvalue weighted by molar-refractivity contribution is 6.35. The van der Waals surface area contributed by atoms with E-state index in [1.807, 2.05) is 36.4 Å². The number of piperazine rings is 1. The van der Waals surface area contributed by atoms with Gasteiger partial charge in [-0.2, -0.15) is 0 Å². The molecule has 2 aromatic carbocycles. The van der Waals surface area contributed by atoms with Gasteiger partial charge in [0.15, 0.2) is 11.5 Å². The summed E-state index contributed by atoms with van der Waals surface area (Å²) in [6.45, 7) is 6.49. The Labute approximate surface area is 188 Å². The van der Waals surface area contributed by atoms with Crippen LogP contribution >= 0.6 is 0 Å². The van der Waals surface area contributed by atoms with E-state index in [2.05, 4.69) is 16.7 Å². The van der Waals surface area contributed by atoms with Crippen LogP contribution in [0.25, 0.3) is 5.57 Å². The normalized spacial score (nSPS) is 17.3. The van der Waals surface area contributed by atoms with Crippen LogP contribution in [0, 0.1) is 0 Å². The third-order valence-corrected chi connectivity index (χ3v) is 6.13. The molecule has 168 valence electrons. The van der Waals surface area contributed by atoms with Crippen LogP contribution in [0.15, 0.2) is 54.2 Å². The van der Waals surface area contributed by atoms with E-state index in [-0.39, 0.29) is 18.4 Å². The minimum Gasteiger partial charge on any atom is -0.493 e. The summed E-state index contributed by atoms with van der Waals surface area (Å²) in [6.07, 6.45) is 0. The minimum atomic E-state index is -0.260. The number of nitrogens with zero attached hydrogens (tertiary/aromatic N) is 3. The first-order valence-electron chi connectivity index (χ1n) is 10.9. The van der Waals surface area contributed by atoms with Crippen molar-refractivity contribution >= 4 is 17.4 Å². The predicted molar refractivity (Wildman–Crippen MR) is 122 cm³/mol. The van der Waals surface area contributed by atoms with Crippen LogP contribution in [0.4, 0.5) is 0 Å². The molecule has 1 fully saturated rings. The van der Waals surface area contributed by atoms with Crippen molar-refractivity contribution < 1.29 is 19.1 Å². The summed E-state index contributed by atoms with van der Waals surface area (Å²) in [5.41, 5.74) is 2.57. The Morgan fingerprint density at radius 2 is 1.53 bits per heavy atom. The van der Waals surface area contributed by atoms with Gasteiger partial charge in [-0.3, -0.25) is 14.5 Å². The monoisotopic (exact) mass is 435 g/mol. The number of imide groups is 1. The Kier molecular flexibility index (Phi) is 6.46. The first-order chi connectivity index (χ1) is 15.6. The van der Waals surface area contributed by atoms with Crippen LogP contribution < -0.4 is 9.47 Å². The summed E-state index contributed by atoms with van der Waals surface area (Å²) in [7, 11) is 3.14. The zero-order valence-electron chi connectivity index (χ0n) is 18.8. The maximum absolute atomic E-state index is 13.6. The van der Waals surface area contributed by atoms with Crippen LogP contribution in [0.5, 0.6) is 11.5 Å². The molecule has 2 aliphatic rings. The molecular formula is C25H29N3O4. The fourth-order valence-electron chi connectivity index (χ4n) is 4.31. The molecule has 0 saturated carbocycles. The number of hydrogen-bond donors (Lipinski definition) is 0. The van der Waals surface area contributed by atoms with Gasteiger partial charge in [0.1, 0.15) is 5.70 Å². The van der Waals surface area contributed by atoms with E-state index in [1.54, 1.807) is 26.4 Å². The van der Waals surface area contributed by atoms with Gasteiger partial charge in [-0.25, -0.2) is 0 Å². The van der Waals surface area contributed by atoms with E-state index >= 15 is 0 Å². The van der Waals surface area contributed by atoms with Crippen molar-refractivity contribution in [1.82, 2.24) is 14.7 Å². The van der Waals surface area contributed by atoms with Crippen LogP contribution in [0.2, 0.25) is 0 Å². The van der Waals surface area contributed by atoms with E-state index in [0.717, 1.165) is 43.9 Å². The maximum Gasteiger partial charge on any atom is 0.278 e. The van der Waals surface area contributed by atoms with Crippen molar-refractivity contribution in [3.05, 3.63) is 65.4 Å². The van der Waals surface area contributed by atoms with Gasteiger partial charge in [-0.1, -0.05) is 43.3 Å². The highest BCUT2D eigenvalue weighted by Gasteiger charge is 2.42. The first-order valence-corrected chi connectivity index (χ1v) is 10.9. The SMILES string of the molecule is CCN1CCN(C2=C(c3ccccc3)C(=O)N(Cc3ccc(OC)c(OC)c3)C2=O)CC1. The topological polar surface area (TPSA) is 62.3 Å². The molecule has 4 rings (SSSR count). The van der Waals surface area contributed by atoms with E-state index in [1.165, 1.54) is 4.90 Å². The zero-order chi connectivity index (χ0) is 22.7. The lowest BCUT2D eigenvalue weighted by Gasteiger charge is -2.36. The summed E-state index contributed by atoms with van der Waals surface area (Å²) < 4.78 is 10.7. The Hall–Kier alpha value is -3.32. The van der Waals surface area contributed by atoms with Gasteiger partial charge in [0, 0.05) is 26.2 Å². The second kappa shape index (κ2) is 9.44. The van der Waals surface area contributed by atoms with Crippen LogP contribution in [0.3, 0.4) is 0 Å². The predicted octanol–water partition coefficient (Wildman–Crippen LogP) is 2.62. The van der Waals surface area contributed by atoms with Crippen molar-refractivity contribution in [2.75, 3.05) is 46.9 Å². The lowest BCUT2D eigenvalue weighted by atomic mass is 10.0. The summed E-state index contributed by atoms with van der Waals surface area (Å²) in [4.78, 5) is 32.9. The first kappa shape index (κ1) is 21.9. The van der Waals surface area contributed by atoms with Crippen LogP contribution in [0.1, 0.15) is 18.1 Å². The number of ether oxygens (including phenoxy) is 2. The smallest absolute Gasteiger partial charge is 0.278 e. The molecule has 0 N–H and O–H groups in total. The number of amides is 2. The van der Waals surface area contributed by atoms with Gasteiger partial charge >= 0.3 is 0 Å². The van der Waals surface area contributed by atoms with Crippen molar-refractivity contribution in [3.63, 3.8) is 0 Å². The molecule has 0 radical (unpaired) electrons. The quantitative estimate of drug-likeness (QED) is 0.623. The average molecular weight is 436 g/mol. The van der Waals surface area contributed by atoms with Gasteiger partial charge in [0.2, 0.25) is 0 Å². The molecule has 32 heavy (non-hydrogen) atoms. The molecule has 0 atom stereocenters. The maximum atomic E-state index is 13.6. The summed E-state index contributed by atoms with van der Waals surface area (Å²) in [6, 6.07) is 14.9. The van der Waals surface area contributed by atoms with E-state index in [4.69, 9.17) is 9.47 Å². The molecule has 2 amide bonds. The Balaban J connectivity index is 1.66. The van der Waals surface area contributed by atoms with E-state index < -0.39 is 0 Å². The van der Waals surface area contributed by atoms with Crippen LogP contribution in [-0.4, -0.2) is 73.5 Å². The standard InChI is InChI=1S/C25H29N3O4/c1-4-26-12-14-27(15-13-26)23-22(19-8-6-5-7-9-19)24(29)28(25(23)30)17-18-10-11-20(31-2)21(16-18)32-3/h5-11,16H,4,12-15,17H2,1-3H3. The second-order valence-electron chi connectivity index (χ2n) is 7.90. The van der Waals surface area contributed by atoms with Crippen molar-refractivity contribution in [2.45, 2.75) is 13.5 Å². The molecule has 2 aliphatic heterocycles. The zero-order valence-corrected chi connectivity index (χ0v) is 18.8. The summed E-state index contributed by atoms with van der Waals surface area (Å²) >= 11 is 0. The van der Waals surface area contributed by atoms with Crippen LogP contribution in [-0.2, 0) is 16.1 Å². The van der Waals surface area contributed by atoms with E-state index in [9.17, 15) is 9.59 Å². The van der Waals surface area contributed by atoms with Crippen molar-refractivity contribution in [2.24, 2.45) is 0 Å². The molecular weight excluding hydrogens is 406 g/mol. The van der Waals surface area contributed by atoms with Crippen molar-refractivity contribution in [1.29, 1.82) is 0 Å². The molecule has 0 aromatic heterocycles. The van der Waals surface area contributed by atoms with Crippen molar-refractivity contribution in [3.8, 4) is 11.5 Å². The third-order valence-electron chi connectivity index (χ3n) is 6.13. The lowest BCUT2D eigenvalue weighted by molar-refractivity contribution is -0.138. The molecule has 7 heteroatoms. The summed E-state index contributed by atoms with van der Waals surface area (Å²) in [5, 5.41) is 0. The molecule has 0 unspecified atom stereocenters. The lowest BCUT2D eigenvalue weighted by Crippen LogP contribution is -2.47. The third kappa shape index (κ3) is 4.08. The Bertz CT molecular complexity index is 1030. The average Bonchev–Trinajstić information content (AvgIpc) is 3.09. The van der Waals surface area contributed by atoms with Gasteiger partial charge in [-0.15, -0.1) is 0 Å². The largest absolute Gasteiger partial charge is 0.493 e. The molecule has 0 spiro atoms. The summed E-state index contributed by atoms with van der Waals surface area (Å²) in [5.74, 6) is 0.668. The number of methoxy groups -OCH3 is 2. The molecule has 2 aromatic rings. The van der Waals surface area contributed by atoms with Gasteiger partial charge in [0.05, 0.1) is 26.3 Å². The number of benzene rings is 2. The second-order valence-corrected chi connectivity index (χ2v) is 7.90. The number of hydrogen-bond acceptors (Lipinski definition) is 6. The highest BCUT2D eigenvalue weighted by atomic mass is 16.5. The Morgan fingerprint density at radius 1 is 0.844 bits per heavy atom. The van der Waals surface area contributed by atoms with Gasteiger partial charge in [-0.05, 0) is 29.8 Å². The van der Waals surface area contributed by atoms with E-state index in [0.29, 0.717) is 22.8 Å². The minimum absolute atomic E-state index is 0.173. The molecule has 7 nitrogen and oxygen atoms in total. The number of carbonyl (C=O) groups excluding carboxylic acids is 2. The number of rotatable bonds is 7. The van der Waals surface area contributed by atoms with Gasteiger partial charge in [0.25, 0.3) is 11.8 Å². The molecule has 0 bridgehead atoms. The number of carbonyl (C=O) groups is 2. The fourth-order valence-corrected chi connectivity index (χ4v) is 4.31. The molecule has 0 aliphatic carbocycles. The highest BCUT2D eigenvalue weighted by Crippen LogP contribution is 2.34. The number of likely N-dealkylation sites (N-methyl/N-ethyl adjacent to an activating group) is 1. The molecule has 2 heterocycles. The van der Waals surface area contributed by atoms with Gasteiger partial charge < -0.3 is 19.3 Å². The molecule has 1 saturated heterocycles. The fraction of sp³-hybridized carbons (Fsp3) is 0.360. The Morgan fingerprint density at radius 3 is 2.16 bits per heavy atom.